The molecule has 2 fully saturated rings. The zero-order valence-corrected chi connectivity index (χ0v) is 27.3. The van der Waals surface area contributed by atoms with Gasteiger partial charge in [0.05, 0.1) is 28.0 Å². The minimum absolute atomic E-state index is 0.00671. The fourth-order valence-corrected chi connectivity index (χ4v) is 6.87. The highest BCUT2D eigenvalue weighted by atomic mass is 79.9. The second kappa shape index (κ2) is 12.9. The number of benzene rings is 3. The van der Waals surface area contributed by atoms with Gasteiger partial charge < -0.3 is 4.74 Å². The topological polar surface area (TPSA) is 101 Å². The first-order valence-corrected chi connectivity index (χ1v) is 15.9. The van der Waals surface area contributed by atoms with Gasteiger partial charge in [0.2, 0.25) is 0 Å². The number of hydrazine groups is 1. The maximum Gasteiger partial charge on any atom is 0.343 e. The van der Waals surface area contributed by atoms with Crippen molar-refractivity contribution in [3.05, 3.63) is 99.0 Å². The summed E-state index contributed by atoms with van der Waals surface area (Å²) < 4.78 is 5.41. The number of Topliss-reactive ketones (excluding diaryl/α,β-unsaturated/α-hetero) is 1. The Bertz CT molecular complexity index is 1590. The molecule has 2 aliphatic rings. The maximum atomic E-state index is 13.8. The van der Waals surface area contributed by atoms with Crippen LogP contribution in [0.2, 0.25) is 10.0 Å². The van der Waals surface area contributed by atoms with Crippen LogP contribution in [0.5, 0.6) is 5.75 Å². The van der Waals surface area contributed by atoms with Gasteiger partial charge in [0, 0.05) is 20.2 Å². The molecule has 3 aromatic rings. The van der Waals surface area contributed by atoms with Gasteiger partial charge in [0.25, 0.3) is 17.7 Å². The molecular formula is C31H24Br2Cl2N2O6. The van der Waals surface area contributed by atoms with Crippen LogP contribution >= 0.6 is 55.1 Å². The molecule has 0 bridgehead atoms. The molecule has 1 saturated carbocycles. The maximum absolute atomic E-state index is 13.8. The summed E-state index contributed by atoms with van der Waals surface area (Å²) in [7, 11) is 0. The lowest BCUT2D eigenvalue weighted by atomic mass is 9.81. The van der Waals surface area contributed by atoms with E-state index in [2.05, 4.69) is 31.9 Å². The molecule has 8 nitrogen and oxygen atoms in total. The Morgan fingerprint density at radius 2 is 1.42 bits per heavy atom. The van der Waals surface area contributed by atoms with Gasteiger partial charge in [0.15, 0.2) is 5.78 Å². The lowest BCUT2D eigenvalue weighted by Gasteiger charge is -2.30. The van der Waals surface area contributed by atoms with Gasteiger partial charge in [-0.1, -0.05) is 72.8 Å². The number of fused-ring (bicyclic) bond motifs is 1. The quantitative estimate of drug-likeness (QED) is 0.0879. The van der Waals surface area contributed by atoms with Crippen LogP contribution in [0.3, 0.4) is 0 Å². The zero-order valence-electron chi connectivity index (χ0n) is 22.6. The molecule has 1 aliphatic heterocycles. The Kier molecular flexibility index (Phi) is 9.41. The monoisotopic (exact) mass is 748 g/mol. The molecular weight excluding hydrogens is 727 g/mol. The van der Waals surface area contributed by atoms with E-state index in [1.165, 1.54) is 42.5 Å². The van der Waals surface area contributed by atoms with E-state index in [9.17, 15) is 24.0 Å². The number of ether oxygens (including phenoxy) is 1. The SMILES string of the molecule is Cc1ccc(C(=O)Oc2ccc(C(=O)CN(C(=O)c3ccc(Cl)cc3Cl)N3C(=O)[C@@H]4C[C@H](Br)[C@@H](Br)C[C@H]4C3=O)cc2)cc1. The molecule has 0 N–H and O–H groups in total. The first-order valence-electron chi connectivity index (χ1n) is 13.3. The molecule has 4 atom stereocenters. The first kappa shape index (κ1) is 31.4. The minimum Gasteiger partial charge on any atom is -0.423 e. The minimum atomic E-state index is -0.801. The third kappa shape index (κ3) is 6.57. The second-order valence-corrected chi connectivity index (χ2v) is 13.6. The van der Waals surface area contributed by atoms with Gasteiger partial charge in [-0.25, -0.2) is 9.80 Å². The summed E-state index contributed by atoms with van der Waals surface area (Å²) in [6, 6.07) is 16.9. The van der Waals surface area contributed by atoms with Crippen LogP contribution in [0, 0.1) is 18.8 Å². The third-order valence-corrected chi connectivity index (χ3v) is 10.8. The van der Waals surface area contributed by atoms with Crippen LogP contribution in [0.15, 0.2) is 66.7 Å². The number of carbonyl (C=O) groups is 5. The molecule has 1 heterocycles. The summed E-state index contributed by atoms with van der Waals surface area (Å²) in [5.74, 6) is -4.08. The number of carbonyl (C=O) groups excluding carboxylic acids is 5. The first-order chi connectivity index (χ1) is 20.4. The highest BCUT2D eigenvalue weighted by molar-refractivity contribution is 9.12. The van der Waals surface area contributed by atoms with Crippen LogP contribution in [0.4, 0.5) is 0 Å². The Hall–Kier alpha value is -3.05. The van der Waals surface area contributed by atoms with E-state index in [4.69, 9.17) is 27.9 Å². The molecule has 5 rings (SSSR count). The van der Waals surface area contributed by atoms with Crippen molar-refractivity contribution in [1.82, 2.24) is 10.0 Å². The highest BCUT2D eigenvalue weighted by Gasteiger charge is 2.54. The van der Waals surface area contributed by atoms with Gasteiger partial charge in [-0.05, 0) is 74.4 Å². The zero-order chi connectivity index (χ0) is 31.0. The fraction of sp³-hybridized carbons (Fsp3) is 0.258. The number of halogens is 4. The largest absolute Gasteiger partial charge is 0.423 e. The fourth-order valence-electron chi connectivity index (χ4n) is 5.14. The van der Waals surface area contributed by atoms with Crippen LogP contribution in [0.25, 0.3) is 0 Å². The number of rotatable bonds is 7. The van der Waals surface area contributed by atoms with Gasteiger partial charge >= 0.3 is 5.97 Å². The van der Waals surface area contributed by atoms with Gasteiger partial charge in [-0.2, -0.15) is 5.01 Å². The smallest absolute Gasteiger partial charge is 0.343 e. The van der Waals surface area contributed by atoms with Gasteiger partial charge in [-0.3, -0.25) is 19.2 Å². The van der Waals surface area contributed by atoms with E-state index in [-0.39, 0.29) is 31.6 Å². The standard InChI is InChI=1S/C31H24Br2Cl2N2O6/c1-16-2-4-18(5-3-16)31(42)43-20-9-6-17(7-10-20)27(38)15-36(28(39)21-11-8-19(34)12-26(21)35)37-29(40)22-13-24(32)25(33)14-23(22)30(37)41/h2-12,22-25H,13-15H2,1H3/t22-,23-,24+,25+/m1/s1. The summed E-state index contributed by atoms with van der Waals surface area (Å²) in [6.45, 7) is 1.29. The van der Waals surface area contributed by atoms with E-state index in [1.54, 1.807) is 24.3 Å². The average Bonchev–Trinajstić information content (AvgIpc) is 3.20. The predicted octanol–water partition coefficient (Wildman–Crippen LogP) is 6.68. The number of imide groups is 1. The van der Waals surface area contributed by atoms with Crippen LogP contribution in [-0.2, 0) is 9.59 Å². The molecule has 222 valence electrons. The molecule has 0 radical (unpaired) electrons. The van der Waals surface area contributed by atoms with Crippen molar-refractivity contribution < 1.29 is 28.7 Å². The normalized spacial score (nSPS) is 21.4. The van der Waals surface area contributed by atoms with Gasteiger partial charge in [-0.15, -0.1) is 0 Å². The van der Waals surface area contributed by atoms with Gasteiger partial charge in [0.1, 0.15) is 12.3 Å². The molecule has 1 aliphatic carbocycles. The number of ketones is 1. The highest BCUT2D eigenvalue weighted by Crippen LogP contribution is 2.44. The molecule has 3 aromatic carbocycles. The summed E-state index contributed by atoms with van der Waals surface area (Å²) in [5.41, 5.74) is 1.52. The second-order valence-electron chi connectivity index (χ2n) is 10.4. The van der Waals surface area contributed by atoms with E-state index >= 15 is 0 Å². The third-order valence-electron chi connectivity index (χ3n) is 7.49. The average molecular weight is 751 g/mol. The number of hydrogen-bond donors (Lipinski definition) is 0. The Balaban J connectivity index is 1.40. The summed E-state index contributed by atoms with van der Waals surface area (Å²) in [6.07, 6.45) is 0.782. The van der Waals surface area contributed by atoms with E-state index in [1.807, 2.05) is 6.92 Å². The lowest BCUT2D eigenvalue weighted by molar-refractivity contribution is -0.154. The van der Waals surface area contributed by atoms with Crippen molar-refractivity contribution in [3.63, 3.8) is 0 Å². The van der Waals surface area contributed by atoms with Crippen molar-refractivity contribution in [2.24, 2.45) is 11.8 Å². The molecule has 12 heteroatoms. The number of aryl methyl sites for hydroxylation is 1. The number of hydrogen-bond acceptors (Lipinski definition) is 6. The van der Waals surface area contributed by atoms with Crippen molar-refractivity contribution >= 4 is 84.5 Å². The number of amides is 3. The molecule has 1 saturated heterocycles. The summed E-state index contributed by atoms with van der Waals surface area (Å²) in [5, 5.41) is 1.95. The van der Waals surface area contributed by atoms with E-state index in [0.29, 0.717) is 23.4 Å². The van der Waals surface area contributed by atoms with Crippen LogP contribution in [0.1, 0.15) is 49.5 Å². The number of nitrogens with zero attached hydrogens (tertiary/aromatic N) is 2. The van der Waals surface area contributed by atoms with Crippen molar-refractivity contribution in [1.29, 1.82) is 0 Å². The molecule has 3 amide bonds. The van der Waals surface area contributed by atoms with Crippen molar-refractivity contribution in [2.45, 2.75) is 29.4 Å². The molecule has 43 heavy (non-hydrogen) atoms. The molecule has 0 spiro atoms. The molecule has 0 aromatic heterocycles. The number of alkyl halides is 2. The van der Waals surface area contributed by atoms with Crippen LogP contribution in [-0.4, -0.2) is 55.7 Å². The molecule has 0 unspecified atom stereocenters. The predicted molar refractivity (Wildman–Crippen MR) is 168 cm³/mol. The van der Waals surface area contributed by atoms with E-state index in [0.717, 1.165) is 15.6 Å². The Morgan fingerprint density at radius 1 is 0.860 bits per heavy atom. The van der Waals surface area contributed by atoms with Crippen molar-refractivity contribution in [3.8, 4) is 5.75 Å². The Labute approximate surface area is 274 Å². The summed E-state index contributed by atoms with van der Waals surface area (Å²) in [4.78, 5) is 66.9. The van der Waals surface area contributed by atoms with E-state index < -0.39 is 47.9 Å². The lowest BCUT2D eigenvalue weighted by Crippen LogP contribution is -2.52. The Morgan fingerprint density at radius 3 is 1.98 bits per heavy atom. The summed E-state index contributed by atoms with van der Waals surface area (Å²) >= 11 is 19.4. The van der Waals surface area contributed by atoms with Crippen LogP contribution < -0.4 is 4.74 Å². The van der Waals surface area contributed by atoms with Crippen molar-refractivity contribution in [2.75, 3.05) is 6.54 Å². The number of esters is 1.